The van der Waals surface area contributed by atoms with Gasteiger partial charge < -0.3 is 10.5 Å². The van der Waals surface area contributed by atoms with Crippen LogP contribution in [0.2, 0.25) is 0 Å². The third kappa shape index (κ3) is 4.22. The number of hydrogen-bond donors (Lipinski definition) is 2. The van der Waals surface area contributed by atoms with Gasteiger partial charge in [0.15, 0.2) is 0 Å². The second kappa shape index (κ2) is 7.12. The minimum absolute atomic E-state index is 0.362. The smallest absolute Gasteiger partial charge is 0.396 e. The molecule has 0 unspecified atom stereocenters. The lowest BCUT2D eigenvalue weighted by Gasteiger charge is -2.16. The molecule has 21 heavy (non-hydrogen) atoms. The summed E-state index contributed by atoms with van der Waals surface area (Å²) in [5, 5.41) is 0. The first-order valence-electron chi connectivity index (χ1n) is 6.17. The Morgan fingerprint density at radius 2 is 1.95 bits per heavy atom. The summed E-state index contributed by atoms with van der Waals surface area (Å²) >= 11 is 3.30. The minimum atomic E-state index is -0.465. The molecule has 110 valence electrons. The molecule has 2 aromatic rings. The van der Waals surface area contributed by atoms with E-state index in [-0.39, 0.29) is 0 Å². The zero-order valence-electron chi connectivity index (χ0n) is 11.4. The number of rotatable bonds is 5. The summed E-state index contributed by atoms with van der Waals surface area (Å²) in [5.41, 5.74) is 8.31. The highest BCUT2D eigenvalue weighted by molar-refractivity contribution is 9.10. The molecule has 0 amide bonds. The number of benzene rings is 2. The Labute approximate surface area is 131 Å². The van der Waals surface area contributed by atoms with Crippen LogP contribution in [0.1, 0.15) is 15.9 Å². The molecule has 5 nitrogen and oxygen atoms in total. The third-order valence-electron chi connectivity index (χ3n) is 2.78. The Bertz CT molecular complexity index is 617. The largest absolute Gasteiger partial charge is 0.499 e. The van der Waals surface area contributed by atoms with E-state index in [0.717, 1.165) is 15.8 Å². The summed E-state index contributed by atoms with van der Waals surface area (Å²) in [6, 6.07) is 14.1. The number of carbonyl (C=O) groups excluding carboxylic acids is 1. The molecule has 0 radical (unpaired) electrons. The molecule has 0 atom stereocenters. The second-order valence-corrected chi connectivity index (χ2v) is 5.13. The monoisotopic (exact) mass is 350 g/mol. The molecule has 4 N–H and O–H groups in total. The highest BCUT2D eigenvalue weighted by Gasteiger charge is 2.12. The van der Waals surface area contributed by atoms with Crippen LogP contribution in [0, 0.1) is 6.17 Å². The second-order valence-electron chi connectivity index (χ2n) is 4.22. The Kier molecular flexibility index (Phi) is 5.21. The van der Waals surface area contributed by atoms with Crippen molar-refractivity contribution in [3.05, 3.63) is 70.3 Å². The van der Waals surface area contributed by atoms with Gasteiger partial charge in [-0.05, 0) is 18.2 Å². The SMILES string of the molecule is COc1ccc([C-](N)[NH2+]OC(=O)c2cccc(Br)c2)cc1. The molecule has 0 aliphatic rings. The zero-order chi connectivity index (χ0) is 15.2. The number of halogens is 1. The quantitative estimate of drug-likeness (QED) is 0.634. The van der Waals surface area contributed by atoms with Crippen LogP contribution in [-0.4, -0.2) is 13.1 Å². The van der Waals surface area contributed by atoms with Gasteiger partial charge in [0.05, 0.1) is 18.4 Å². The van der Waals surface area contributed by atoms with Gasteiger partial charge in [-0.2, -0.15) is 17.6 Å². The van der Waals surface area contributed by atoms with E-state index in [9.17, 15) is 4.79 Å². The van der Waals surface area contributed by atoms with E-state index in [1.165, 1.54) is 5.48 Å². The lowest BCUT2D eigenvalue weighted by Crippen LogP contribution is -2.88. The van der Waals surface area contributed by atoms with Crippen LogP contribution in [0.3, 0.4) is 0 Å². The van der Waals surface area contributed by atoms with Crippen molar-refractivity contribution in [3.8, 4) is 5.75 Å². The normalized spacial score (nSPS) is 10.0. The first kappa shape index (κ1) is 15.4. The van der Waals surface area contributed by atoms with E-state index in [1.807, 2.05) is 6.07 Å². The summed E-state index contributed by atoms with van der Waals surface area (Å²) in [6.07, 6.45) is 0.362. The van der Waals surface area contributed by atoms with E-state index in [0.29, 0.717) is 11.7 Å². The predicted molar refractivity (Wildman–Crippen MR) is 81.0 cm³/mol. The molecule has 0 saturated carbocycles. The minimum Gasteiger partial charge on any atom is -0.499 e. The molecule has 0 heterocycles. The van der Waals surface area contributed by atoms with Gasteiger partial charge in [0.1, 0.15) is 6.17 Å². The Morgan fingerprint density at radius 3 is 2.57 bits per heavy atom. The van der Waals surface area contributed by atoms with Gasteiger partial charge in [0, 0.05) is 4.47 Å². The van der Waals surface area contributed by atoms with Gasteiger partial charge in [0.2, 0.25) is 0 Å². The maximum Gasteiger partial charge on any atom is 0.396 e. The molecule has 0 aliphatic carbocycles. The number of ether oxygens (including phenoxy) is 1. The van der Waals surface area contributed by atoms with Gasteiger partial charge in [-0.3, -0.25) is 4.84 Å². The Morgan fingerprint density at radius 1 is 1.24 bits per heavy atom. The summed E-state index contributed by atoms with van der Waals surface area (Å²) < 4.78 is 5.88. The average Bonchev–Trinajstić information content (AvgIpc) is 2.52. The molecule has 2 rings (SSSR count). The number of hydroxylamine groups is 1. The lowest BCUT2D eigenvalue weighted by atomic mass is 10.2. The fraction of sp³-hybridized carbons (Fsp3) is 0.0667. The van der Waals surface area contributed by atoms with Gasteiger partial charge in [-0.1, -0.05) is 34.1 Å². The maximum atomic E-state index is 11.9. The first-order chi connectivity index (χ1) is 10.1. The van der Waals surface area contributed by atoms with Crippen molar-refractivity contribution >= 4 is 21.9 Å². The number of quaternary nitrogens is 1. The van der Waals surface area contributed by atoms with Crippen molar-refractivity contribution in [3.63, 3.8) is 0 Å². The zero-order valence-corrected chi connectivity index (χ0v) is 13.0. The molecular weight excluding hydrogens is 336 g/mol. The van der Waals surface area contributed by atoms with E-state index in [1.54, 1.807) is 49.6 Å². The topological polar surface area (TPSA) is 78.2 Å². The summed E-state index contributed by atoms with van der Waals surface area (Å²) in [4.78, 5) is 16.9. The molecule has 0 bridgehead atoms. The van der Waals surface area contributed by atoms with Crippen LogP contribution in [0.4, 0.5) is 0 Å². The lowest BCUT2D eigenvalue weighted by molar-refractivity contribution is -0.855. The molecular formula is C15H15BrN2O3. The van der Waals surface area contributed by atoms with Crippen LogP contribution in [-0.2, 0) is 4.84 Å². The summed E-state index contributed by atoms with van der Waals surface area (Å²) in [6.45, 7) is 0. The van der Waals surface area contributed by atoms with Crippen LogP contribution < -0.4 is 16.0 Å². The van der Waals surface area contributed by atoms with Crippen molar-refractivity contribution in [2.24, 2.45) is 5.73 Å². The highest BCUT2D eigenvalue weighted by atomic mass is 79.9. The number of methoxy groups -OCH3 is 1. The standard InChI is InChI=1S/C15H15BrN2O3/c1-20-13-7-5-10(6-8-13)14(17)18-21-15(19)11-3-2-4-12(16)9-11/h2-9H,17-18H2,1H3. The molecule has 0 saturated heterocycles. The van der Waals surface area contributed by atoms with Crippen LogP contribution >= 0.6 is 15.9 Å². The molecule has 0 aromatic heterocycles. The van der Waals surface area contributed by atoms with Crippen molar-refractivity contribution in [1.82, 2.24) is 0 Å². The van der Waals surface area contributed by atoms with Gasteiger partial charge in [-0.25, -0.2) is 4.79 Å². The molecule has 0 aliphatic heterocycles. The van der Waals surface area contributed by atoms with Crippen molar-refractivity contribution < 1.29 is 19.8 Å². The fourth-order valence-corrected chi connectivity index (χ4v) is 2.05. The average molecular weight is 351 g/mol. The Balaban J connectivity index is 1.93. The van der Waals surface area contributed by atoms with E-state index < -0.39 is 5.97 Å². The fourth-order valence-electron chi connectivity index (χ4n) is 1.65. The number of hydrogen-bond acceptors (Lipinski definition) is 4. The van der Waals surface area contributed by atoms with Gasteiger partial charge in [-0.15, -0.1) is 5.56 Å². The van der Waals surface area contributed by atoms with Crippen LogP contribution in [0.5, 0.6) is 5.75 Å². The summed E-state index contributed by atoms with van der Waals surface area (Å²) in [7, 11) is 1.59. The van der Waals surface area contributed by atoms with Crippen molar-refractivity contribution in [2.45, 2.75) is 0 Å². The molecule has 0 fully saturated rings. The maximum absolute atomic E-state index is 11.9. The van der Waals surface area contributed by atoms with Crippen molar-refractivity contribution in [1.29, 1.82) is 0 Å². The number of nitrogens with two attached hydrogens (primary N) is 2. The van der Waals surface area contributed by atoms with Crippen LogP contribution in [0.15, 0.2) is 53.0 Å². The third-order valence-corrected chi connectivity index (χ3v) is 3.27. The number of carbonyl (C=O) groups is 1. The molecule has 2 aromatic carbocycles. The van der Waals surface area contributed by atoms with E-state index in [4.69, 9.17) is 15.3 Å². The van der Waals surface area contributed by atoms with Gasteiger partial charge >= 0.3 is 5.97 Å². The van der Waals surface area contributed by atoms with Crippen molar-refractivity contribution in [2.75, 3.05) is 7.11 Å². The summed E-state index contributed by atoms with van der Waals surface area (Å²) in [5.74, 6) is 0.269. The van der Waals surface area contributed by atoms with Gasteiger partial charge in [0.25, 0.3) is 0 Å². The molecule has 0 spiro atoms. The Hall–Kier alpha value is -2.02. The van der Waals surface area contributed by atoms with Crippen LogP contribution in [0.25, 0.3) is 0 Å². The highest BCUT2D eigenvalue weighted by Crippen LogP contribution is 2.13. The first-order valence-corrected chi connectivity index (χ1v) is 6.96. The van der Waals surface area contributed by atoms with E-state index >= 15 is 0 Å². The van der Waals surface area contributed by atoms with E-state index in [2.05, 4.69) is 15.9 Å². The molecule has 6 heteroatoms. The predicted octanol–water partition coefficient (Wildman–Crippen LogP) is 1.59.